The van der Waals surface area contributed by atoms with E-state index in [0.717, 1.165) is 11.8 Å². The highest BCUT2D eigenvalue weighted by Gasteiger charge is 2.15. The van der Waals surface area contributed by atoms with Crippen molar-refractivity contribution >= 4 is 37.3 Å². The number of sulfone groups is 1. The normalized spacial score (nSPS) is 12.5. The van der Waals surface area contributed by atoms with Crippen LogP contribution in [0, 0.1) is 26.2 Å². The van der Waals surface area contributed by atoms with Crippen LogP contribution in [0.25, 0.3) is 10.2 Å². The van der Waals surface area contributed by atoms with Gasteiger partial charge in [-0.1, -0.05) is 17.3 Å². The Balaban J connectivity index is 2.21. The first-order chi connectivity index (χ1) is 12.2. The lowest BCUT2D eigenvalue weighted by Gasteiger charge is -2.01. The van der Waals surface area contributed by atoms with Gasteiger partial charge in [-0.2, -0.15) is 4.99 Å². The van der Waals surface area contributed by atoms with Crippen LogP contribution in [0.2, 0.25) is 0 Å². The van der Waals surface area contributed by atoms with Gasteiger partial charge in [-0.25, -0.2) is 8.42 Å². The van der Waals surface area contributed by atoms with Crippen molar-refractivity contribution in [3.05, 3.63) is 46.2 Å². The minimum atomic E-state index is -3.33. The minimum Gasteiger partial charge on any atom is -0.466 e. The van der Waals surface area contributed by atoms with E-state index in [2.05, 4.69) is 10.9 Å². The Morgan fingerprint density at radius 1 is 1.35 bits per heavy atom. The predicted molar refractivity (Wildman–Crippen MR) is 99.8 cm³/mol. The zero-order valence-electron chi connectivity index (χ0n) is 14.4. The first-order valence-electron chi connectivity index (χ1n) is 7.63. The zero-order valence-corrected chi connectivity index (χ0v) is 16.1. The zero-order chi connectivity index (χ0) is 19.1. The van der Waals surface area contributed by atoms with Crippen molar-refractivity contribution in [2.45, 2.75) is 25.3 Å². The lowest BCUT2D eigenvalue weighted by Crippen LogP contribution is -2.16. The summed E-state index contributed by atoms with van der Waals surface area (Å²) >= 11 is 1.21. The van der Waals surface area contributed by atoms with Gasteiger partial charge in [0.25, 0.3) is 5.91 Å². The number of rotatable bonds is 3. The van der Waals surface area contributed by atoms with E-state index in [1.165, 1.54) is 17.4 Å². The van der Waals surface area contributed by atoms with Crippen LogP contribution in [0.1, 0.15) is 21.9 Å². The molecule has 0 aliphatic heterocycles. The fourth-order valence-electron chi connectivity index (χ4n) is 2.60. The maximum atomic E-state index is 12.5. The van der Waals surface area contributed by atoms with E-state index < -0.39 is 15.7 Å². The Morgan fingerprint density at radius 2 is 2.08 bits per heavy atom. The number of aromatic nitrogens is 1. The summed E-state index contributed by atoms with van der Waals surface area (Å²) in [5, 5.41) is 0. The molecular formula is C18H16N2O4S2. The van der Waals surface area contributed by atoms with Crippen molar-refractivity contribution in [1.82, 2.24) is 4.57 Å². The van der Waals surface area contributed by atoms with Crippen LogP contribution >= 0.6 is 11.3 Å². The molecule has 0 unspecified atom stereocenters. The number of nitrogens with zero attached hydrogens (tertiary/aromatic N) is 2. The molecule has 0 atom stereocenters. The first kappa shape index (κ1) is 18.2. The number of terminal acetylenes is 1. The Bertz CT molecular complexity index is 1230. The number of furan rings is 1. The first-order valence-corrected chi connectivity index (χ1v) is 10.3. The van der Waals surface area contributed by atoms with E-state index in [1.54, 1.807) is 36.6 Å². The number of carbonyl (C=O) groups excluding carboxylic acids is 1. The van der Waals surface area contributed by atoms with Crippen molar-refractivity contribution in [3.63, 3.8) is 0 Å². The number of thiazole rings is 1. The summed E-state index contributed by atoms with van der Waals surface area (Å²) in [4.78, 5) is 17.3. The molecule has 2 aromatic heterocycles. The third kappa shape index (κ3) is 3.36. The number of hydrogen-bond acceptors (Lipinski definition) is 5. The number of benzene rings is 1. The second kappa shape index (κ2) is 6.59. The molecule has 0 radical (unpaired) electrons. The molecule has 2 heterocycles. The summed E-state index contributed by atoms with van der Waals surface area (Å²) in [7, 11) is -3.33. The average Bonchev–Trinajstić information content (AvgIpc) is 3.06. The lowest BCUT2D eigenvalue weighted by molar-refractivity contribution is 0.0996. The molecule has 6 nitrogen and oxygen atoms in total. The third-order valence-corrected chi connectivity index (χ3v) is 5.95. The van der Waals surface area contributed by atoms with Crippen molar-refractivity contribution in [2.75, 3.05) is 6.26 Å². The van der Waals surface area contributed by atoms with Gasteiger partial charge in [0.05, 0.1) is 27.2 Å². The van der Waals surface area contributed by atoms with Gasteiger partial charge in [0.2, 0.25) is 0 Å². The number of fused-ring (bicyclic) bond motifs is 1. The highest BCUT2D eigenvalue weighted by Crippen LogP contribution is 2.22. The molecule has 3 rings (SSSR count). The SMILES string of the molecule is C#CCn1c(=NC(=O)c2cc(C)oc2C)sc2cc(S(C)(=O)=O)ccc21. The van der Waals surface area contributed by atoms with Crippen LogP contribution in [0.15, 0.2) is 38.6 Å². The molecule has 0 saturated carbocycles. The smallest absolute Gasteiger partial charge is 0.283 e. The maximum Gasteiger partial charge on any atom is 0.283 e. The van der Waals surface area contributed by atoms with Gasteiger partial charge in [0.1, 0.15) is 11.5 Å². The Morgan fingerprint density at radius 3 is 2.65 bits per heavy atom. The molecule has 0 fully saturated rings. The summed E-state index contributed by atoms with van der Waals surface area (Å²) < 4.78 is 31.3. The summed E-state index contributed by atoms with van der Waals surface area (Å²) in [5.41, 5.74) is 1.12. The maximum absolute atomic E-state index is 12.5. The molecule has 0 bridgehead atoms. The monoisotopic (exact) mass is 388 g/mol. The van der Waals surface area contributed by atoms with Crippen LogP contribution in [0.5, 0.6) is 0 Å². The summed E-state index contributed by atoms with van der Waals surface area (Å²) in [6.07, 6.45) is 6.59. The third-order valence-electron chi connectivity index (χ3n) is 3.80. The van der Waals surface area contributed by atoms with Crippen LogP contribution < -0.4 is 4.80 Å². The van der Waals surface area contributed by atoms with Gasteiger partial charge >= 0.3 is 0 Å². The molecule has 1 amide bonds. The molecule has 134 valence electrons. The van der Waals surface area contributed by atoms with Gasteiger partial charge < -0.3 is 8.98 Å². The van der Waals surface area contributed by atoms with E-state index in [9.17, 15) is 13.2 Å². The van der Waals surface area contributed by atoms with E-state index in [4.69, 9.17) is 10.8 Å². The number of hydrogen-bond donors (Lipinski definition) is 0. The molecule has 8 heteroatoms. The Kier molecular flexibility index (Phi) is 4.61. The Hall–Kier alpha value is -2.63. The summed E-state index contributed by atoms with van der Waals surface area (Å²) in [6.45, 7) is 3.68. The molecule has 0 saturated heterocycles. The molecule has 0 aliphatic carbocycles. The van der Waals surface area contributed by atoms with Crippen LogP contribution in [0.4, 0.5) is 0 Å². The molecule has 3 aromatic rings. The van der Waals surface area contributed by atoms with Gasteiger partial charge in [0.15, 0.2) is 14.6 Å². The highest BCUT2D eigenvalue weighted by molar-refractivity contribution is 7.90. The Labute approximate surface area is 154 Å². The molecular weight excluding hydrogens is 372 g/mol. The van der Waals surface area contributed by atoms with Crippen LogP contribution in [0.3, 0.4) is 0 Å². The van der Waals surface area contributed by atoms with Gasteiger partial charge in [-0.3, -0.25) is 4.79 Å². The molecule has 1 aromatic carbocycles. The number of amides is 1. The van der Waals surface area contributed by atoms with E-state index in [0.29, 0.717) is 26.6 Å². The highest BCUT2D eigenvalue weighted by atomic mass is 32.2. The van der Waals surface area contributed by atoms with Crippen molar-refractivity contribution < 1.29 is 17.6 Å². The van der Waals surface area contributed by atoms with Crippen molar-refractivity contribution in [3.8, 4) is 12.3 Å². The van der Waals surface area contributed by atoms with E-state index >= 15 is 0 Å². The molecule has 0 N–H and O–H groups in total. The topological polar surface area (TPSA) is 81.6 Å². The minimum absolute atomic E-state index is 0.207. The standard InChI is InChI=1S/C18H16N2O4S2/c1-5-8-20-15-7-6-13(26(4,22)23)10-16(15)25-18(20)19-17(21)14-9-11(2)24-12(14)3/h1,6-7,9-10H,8H2,2-4H3. The van der Waals surface area contributed by atoms with E-state index in [1.807, 2.05) is 0 Å². The lowest BCUT2D eigenvalue weighted by atomic mass is 10.2. The van der Waals surface area contributed by atoms with Crippen LogP contribution in [-0.2, 0) is 16.4 Å². The van der Waals surface area contributed by atoms with Gasteiger partial charge in [-0.15, -0.1) is 6.42 Å². The summed E-state index contributed by atoms with van der Waals surface area (Å²) in [5.74, 6) is 3.24. The second-order valence-corrected chi connectivity index (χ2v) is 8.85. The predicted octanol–water partition coefficient (Wildman–Crippen LogP) is 2.69. The number of carbonyl (C=O) groups is 1. The molecule has 0 spiro atoms. The number of aryl methyl sites for hydroxylation is 2. The van der Waals surface area contributed by atoms with Gasteiger partial charge in [0, 0.05) is 6.26 Å². The fourth-order valence-corrected chi connectivity index (χ4v) is 4.39. The van der Waals surface area contributed by atoms with Crippen molar-refractivity contribution in [1.29, 1.82) is 0 Å². The largest absolute Gasteiger partial charge is 0.466 e. The van der Waals surface area contributed by atoms with Gasteiger partial charge in [-0.05, 0) is 38.1 Å². The summed E-state index contributed by atoms with van der Waals surface area (Å²) in [6, 6.07) is 6.41. The molecule has 0 aliphatic rings. The second-order valence-electron chi connectivity index (χ2n) is 5.82. The van der Waals surface area contributed by atoms with E-state index in [-0.39, 0.29) is 11.4 Å². The quantitative estimate of drug-likeness (QED) is 0.646. The van der Waals surface area contributed by atoms with Crippen LogP contribution in [-0.4, -0.2) is 25.1 Å². The van der Waals surface area contributed by atoms with Crippen molar-refractivity contribution in [2.24, 2.45) is 4.99 Å². The fraction of sp³-hybridized carbons (Fsp3) is 0.222. The average molecular weight is 388 g/mol. The molecule has 26 heavy (non-hydrogen) atoms.